The Kier molecular flexibility index (Phi) is 6.73. The van der Waals surface area contributed by atoms with E-state index in [2.05, 4.69) is 11.2 Å². The van der Waals surface area contributed by atoms with Gasteiger partial charge in [-0.25, -0.2) is 8.42 Å². The van der Waals surface area contributed by atoms with Gasteiger partial charge < -0.3 is 5.32 Å². The molecule has 0 aliphatic rings. The van der Waals surface area contributed by atoms with Crippen LogP contribution >= 0.6 is 23.4 Å². The van der Waals surface area contributed by atoms with E-state index in [-0.39, 0.29) is 4.90 Å². The van der Waals surface area contributed by atoms with Gasteiger partial charge in [-0.15, -0.1) is 18.2 Å². The van der Waals surface area contributed by atoms with Crippen molar-refractivity contribution in [1.29, 1.82) is 0 Å². The van der Waals surface area contributed by atoms with Crippen molar-refractivity contribution in [3.63, 3.8) is 0 Å². The van der Waals surface area contributed by atoms with Gasteiger partial charge in [0.05, 0.1) is 10.6 Å². The molecule has 3 nitrogen and oxygen atoms in total. The van der Waals surface area contributed by atoms with Crippen molar-refractivity contribution < 1.29 is 8.42 Å². The van der Waals surface area contributed by atoms with E-state index in [1.807, 2.05) is 0 Å². The molecule has 1 aromatic rings. The maximum Gasteiger partial charge on any atom is 0.175 e. The Hall–Kier alpha value is -0.670. The molecule has 0 amide bonds. The van der Waals surface area contributed by atoms with Gasteiger partial charge in [-0.3, -0.25) is 0 Å². The minimum absolute atomic E-state index is 0.281. The van der Waals surface area contributed by atoms with E-state index < -0.39 is 9.84 Å². The third-order valence-corrected chi connectivity index (χ3v) is 4.78. The van der Waals surface area contributed by atoms with Crippen LogP contribution in [0.15, 0.2) is 23.1 Å². The molecule has 19 heavy (non-hydrogen) atoms. The summed E-state index contributed by atoms with van der Waals surface area (Å²) < 4.78 is 23.3. The standard InChI is InChI=1S/C13H16ClNO2S2/c1-3-8-18-9-7-15-10-11-12(14)5-4-6-13(11)19(2,16)17/h1,4-6,15H,7-10H2,2H3. The third kappa shape index (κ3) is 5.45. The smallest absolute Gasteiger partial charge is 0.175 e. The monoisotopic (exact) mass is 317 g/mol. The number of sulfone groups is 1. The van der Waals surface area contributed by atoms with Crippen LogP contribution in [0.4, 0.5) is 0 Å². The van der Waals surface area contributed by atoms with Crippen LogP contribution in [0.1, 0.15) is 5.56 Å². The highest BCUT2D eigenvalue weighted by Gasteiger charge is 2.15. The molecular formula is C13H16ClNO2S2. The molecule has 0 saturated carbocycles. The topological polar surface area (TPSA) is 46.2 Å². The Labute approximate surface area is 124 Å². The second-order valence-corrected chi connectivity index (χ2v) is 7.42. The lowest BCUT2D eigenvalue weighted by Crippen LogP contribution is -2.18. The molecule has 0 aromatic heterocycles. The van der Waals surface area contributed by atoms with Gasteiger partial charge in [0, 0.05) is 35.7 Å². The molecule has 0 spiro atoms. The Bertz CT molecular complexity index is 564. The quantitative estimate of drug-likeness (QED) is 0.618. The molecule has 104 valence electrons. The Morgan fingerprint density at radius 1 is 1.47 bits per heavy atom. The summed E-state index contributed by atoms with van der Waals surface area (Å²) in [6, 6.07) is 4.91. The van der Waals surface area contributed by atoms with Gasteiger partial charge >= 0.3 is 0 Å². The number of rotatable bonds is 7. The lowest BCUT2D eigenvalue weighted by molar-refractivity contribution is 0.599. The first-order valence-electron chi connectivity index (χ1n) is 5.66. The van der Waals surface area contributed by atoms with Crippen LogP contribution in [0, 0.1) is 12.3 Å². The summed E-state index contributed by atoms with van der Waals surface area (Å²) in [5.41, 5.74) is 0.619. The van der Waals surface area contributed by atoms with E-state index in [1.54, 1.807) is 30.0 Å². The van der Waals surface area contributed by atoms with Crippen LogP contribution in [0.5, 0.6) is 0 Å². The number of halogens is 1. The molecule has 0 atom stereocenters. The summed E-state index contributed by atoms with van der Waals surface area (Å²) in [5, 5.41) is 3.64. The lowest BCUT2D eigenvalue weighted by atomic mass is 10.2. The summed E-state index contributed by atoms with van der Waals surface area (Å²) in [5.74, 6) is 4.11. The fraction of sp³-hybridized carbons (Fsp3) is 0.385. The molecule has 1 N–H and O–H groups in total. The van der Waals surface area contributed by atoms with E-state index in [9.17, 15) is 8.42 Å². The summed E-state index contributed by atoms with van der Waals surface area (Å²) in [6.45, 7) is 1.18. The van der Waals surface area contributed by atoms with Gasteiger partial charge in [0.25, 0.3) is 0 Å². The fourth-order valence-corrected chi connectivity index (χ4v) is 3.35. The van der Waals surface area contributed by atoms with Gasteiger partial charge in [0.1, 0.15) is 0 Å². The van der Waals surface area contributed by atoms with Crippen molar-refractivity contribution in [2.24, 2.45) is 0 Å². The van der Waals surface area contributed by atoms with Crippen molar-refractivity contribution in [1.82, 2.24) is 5.32 Å². The van der Waals surface area contributed by atoms with E-state index in [0.717, 1.165) is 12.3 Å². The van der Waals surface area contributed by atoms with Crippen molar-refractivity contribution >= 4 is 33.2 Å². The van der Waals surface area contributed by atoms with Crippen LogP contribution in [-0.2, 0) is 16.4 Å². The minimum atomic E-state index is -3.26. The average molecular weight is 318 g/mol. The minimum Gasteiger partial charge on any atom is -0.312 e. The Balaban J connectivity index is 2.66. The number of benzene rings is 1. The maximum atomic E-state index is 11.7. The van der Waals surface area contributed by atoms with Crippen LogP contribution < -0.4 is 5.32 Å². The lowest BCUT2D eigenvalue weighted by Gasteiger charge is -2.11. The van der Waals surface area contributed by atoms with Crippen LogP contribution in [-0.4, -0.2) is 32.7 Å². The number of terminal acetylenes is 1. The molecule has 6 heteroatoms. The van der Waals surface area contributed by atoms with Crippen molar-refractivity contribution in [3.05, 3.63) is 28.8 Å². The highest BCUT2D eigenvalue weighted by molar-refractivity contribution is 7.99. The normalized spacial score (nSPS) is 11.2. The number of nitrogens with one attached hydrogen (secondary N) is 1. The predicted molar refractivity (Wildman–Crippen MR) is 82.4 cm³/mol. The molecule has 0 aliphatic carbocycles. The largest absolute Gasteiger partial charge is 0.312 e. The van der Waals surface area contributed by atoms with E-state index in [0.29, 0.717) is 22.9 Å². The molecular weight excluding hydrogens is 302 g/mol. The molecule has 0 aliphatic heterocycles. The molecule has 0 radical (unpaired) electrons. The first-order valence-corrected chi connectivity index (χ1v) is 9.08. The summed E-state index contributed by atoms with van der Waals surface area (Å²) in [4.78, 5) is 0.281. The van der Waals surface area contributed by atoms with Gasteiger partial charge in [0.2, 0.25) is 0 Å². The van der Waals surface area contributed by atoms with Crippen molar-refractivity contribution in [2.75, 3.05) is 24.3 Å². The summed E-state index contributed by atoms with van der Waals surface area (Å²) in [6.07, 6.45) is 6.33. The highest BCUT2D eigenvalue weighted by atomic mass is 35.5. The number of hydrogen-bond acceptors (Lipinski definition) is 4. The van der Waals surface area contributed by atoms with Gasteiger partial charge in [-0.1, -0.05) is 23.6 Å². The summed E-state index contributed by atoms with van der Waals surface area (Å²) in [7, 11) is -3.26. The Morgan fingerprint density at radius 2 is 2.21 bits per heavy atom. The van der Waals surface area contributed by atoms with E-state index in [4.69, 9.17) is 18.0 Å². The van der Waals surface area contributed by atoms with E-state index in [1.165, 1.54) is 6.26 Å². The van der Waals surface area contributed by atoms with Gasteiger partial charge in [0.15, 0.2) is 9.84 Å². The maximum absolute atomic E-state index is 11.7. The Morgan fingerprint density at radius 3 is 2.84 bits per heavy atom. The van der Waals surface area contributed by atoms with Crippen molar-refractivity contribution in [2.45, 2.75) is 11.4 Å². The summed E-state index contributed by atoms with van der Waals surface area (Å²) >= 11 is 7.71. The molecule has 1 aromatic carbocycles. The molecule has 0 heterocycles. The number of hydrogen-bond donors (Lipinski definition) is 1. The zero-order valence-electron chi connectivity index (χ0n) is 10.6. The first kappa shape index (κ1) is 16.4. The van der Waals surface area contributed by atoms with Gasteiger partial charge in [-0.05, 0) is 12.1 Å². The predicted octanol–water partition coefficient (Wildman–Crippen LogP) is 2.20. The number of thioether (sulfide) groups is 1. The molecule has 0 bridgehead atoms. The third-order valence-electron chi connectivity index (χ3n) is 2.39. The molecule has 1 rings (SSSR count). The second kappa shape index (κ2) is 7.81. The molecule has 0 fully saturated rings. The highest BCUT2D eigenvalue weighted by Crippen LogP contribution is 2.23. The van der Waals surface area contributed by atoms with Gasteiger partial charge in [-0.2, -0.15) is 0 Å². The van der Waals surface area contributed by atoms with Crippen LogP contribution in [0.3, 0.4) is 0 Å². The van der Waals surface area contributed by atoms with Crippen LogP contribution in [0.2, 0.25) is 5.02 Å². The second-order valence-electron chi connectivity index (χ2n) is 3.92. The van der Waals surface area contributed by atoms with Crippen molar-refractivity contribution in [3.8, 4) is 12.3 Å². The molecule has 0 saturated heterocycles. The fourth-order valence-electron chi connectivity index (χ4n) is 1.55. The van der Waals surface area contributed by atoms with E-state index >= 15 is 0 Å². The zero-order valence-corrected chi connectivity index (χ0v) is 13.0. The molecule has 0 unspecified atom stereocenters. The van der Waals surface area contributed by atoms with Crippen LogP contribution in [0.25, 0.3) is 0 Å². The zero-order chi connectivity index (χ0) is 14.3. The average Bonchev–Trinajstić information content (AvgIpc) is 2.33. The first-order chi connectivity index (χ1) is 8.96. The SMILES string of the molecule is C#CCSCCNCc1c(Cl)cccc1S(C)(=O)=O.